The number of fused-ring (bicyclic) bond motifs is 1. The highest BCUT2D eigenvalue weighted by Crippen LogP contribution is 2.53. The van der Waals surface area contributed by atoms with Gasteiger partial charge < -0.3 is 44.3 Å². The summed E-state index contributed by atoms with van der Waals surface area (Å²) in [7, 11) is 4.79. The fourth-order valence-corrected chi connectivity index (χ4v) is 7.49. The summed E-state index contributed by atoms with van der Waals surface area (Å²) in [4.78, 5) is 28.0. The van der Waals surface area contributed by atoms with Gasteiger partial charge in [0.2, 0.25) is 0 Å². The van der Waals surface area contributed by atoms with E-state index in [2.05, 4.69) is 5.32 Å². The molecule has 6 rings (SSSR count). The molecule has 0 radical (unpaired) electrons. The number of phenols is 1. The van der Waals surface area contributed by atoms with Crippen molar-refractivity contribution in [3.8, 4) is 11.5 Å². The van der Waals surface area contributed by atoms with Crippen molar-refractivity contribution in [2.45, 2.75) is 39.4 Å². The summed E-state index contributed by atoms with van der Waals surface area (Å²) in [6.45, 7) is 4.04. The molecule has 260 valence electrons. The summed E-state index contributed by atoms with van der Waals surface area (Å²) < 4.78 is 27.7. The monoisotopic (exact) mass is 673 g/mol. The van der Waals surface area contributed by atoms with Gasteiger partial charge in [0, 0.05) is 49.3 Å². The highest BCUT2D eigenvalue weighted by molar-refractivity contribution is 6.38. The average Bonchev–Trinajstić information content (AvgIpc) is 3.24. The lowest BCUT2D eigenvalue weighted by Crippen LogP contribution is -2.16. The van der Waals surface area contributed by atoms with Crippen LogP contribution in [0.15, 0.2) is 27.3 Å². The summed E-state index contributed by atoms with van der Waals surface area (Å²) >= 11 is 0. The van der Waals surface area contributed by atoms with Crippen LogP contribution in [-0.2, 0) is 45.0 Å². The fourth-order valence-electron chi connectivity index (χ4n) is 7.49. The number of nitrogens with one attached hydrogen (secondary N) is 1. The first-order valence-corrected chi connectivity index (χ1v) is 16.5. The first-order valence-electron chi connectivity index (χ1n) is 16.5. The Kier molecular flexibility index (Phi) is 10.5. The summed E-state index contributed by atoms with van der Waals surface area (Å²) in [5.74, 6) is 0.386. The quantitative estimate of drug-likeness (QED) is 0.0638. The van der Waals surface area contributed by atoms with Crippen molar-refractivity contribution in [2.24, 2.45) is 0 Å². The van der Waals surface area contributed by atoms with E-state index >= 15 is 0 Å². The van der Waals surface area contributed by atoms with Crippen molar-refractivity contribution in [2.75, 3.05) is 72.8 Å². The third kappa shape index (κ3) is 5.94. The molecular weight excluding hydrogens is 630 g/mol. The van der Waals surface area contributed by atoms with Crippen LogP contribution in [0.1, 0.15) is 41.2 Å². The van der Waals surface area contributed by atoms with E-state index in [0.717, 1.165) is 22.1 Å². The molecule has 0 saturated heterocycles. The third-order valence-electron chi connectivity index (χ3n) is 9.43. The maximum Gasteiger partial charge on any atom is 0.190 e. The molecule has 1 aliphatic rings. The highest BCUT2D eigenvalue weighted by atomic mass is 16.5. The number of anilines is 1. The summed E-state index contributed by atoms with van der Waals surface area (Å²) in [5, 5.41) is 40.8. The molecule has 1 aliphatic carbocycles. The van der Waals surface area contributed by atoms with E-state index in [1.807, 2.05) is 13.0 Å². The topological polar surface area (TPSA) is 153 Å². The predicted molar refractivity (Wildman–Crippen MR) is 191 cm³/mol. The van der Waals surface area contributed by atoms with Crippen LogP contribution >= 0.6 is 0 Å². The van der Waals surface area contributed by atoms with Gasteiger partial charge >= 0.3 is 0 Å². The fraction of sp³-hybridized carbons (Fsp3) is 0.421. The number of aliphatic hydroxyl groups excluding tert-OH is 2. The Morgan fingerprint density at radius 1 is 0.735 bits per heavy atom. The third-order valence-corrected chi connectivity index (χ3v) is 9.43. The molecule has 0 aliphatic heterocycles. The van der Waals surface area contributed by atoms with Gasteiger partial charge in [0.15, 0.2) is 10.9 Å². The molecule has 0 heterocycles. The number of hydrogen-bond acceptors (Lipinski definition) is 11. The lowest BCUT2D eigenvalue weighted by molar-refractivity contribution is 0.0695. The minimum Gasteiger partial charge on any atom is -0.507 e. The molecule has 0 saturated carbocycles. The van der Waals surface area contributed by atoms with E-state index < -0.39 is 18.6 Å². The van der Waals surface area contributed by atoms with Crippen molar-refractivity contribution in [1.29, 1.82) is 0 Å². The minimum atomic E-state index is -0.459. The molecule has 0 unspecified atom stereocenters. The van der Waals surface area contributed by atoms with E-state index in [1.54, 1.807) is 21.3 Å². The lowest BCUT2D eigenvalue weighted by atomic mass is 9.80. The van der Waals surface area contributed by atoms with Crippen molar-refractivity contribution >= 4 is 54.9 Å². The van der Waals surface area contributed by atoms with E-state index in [1.165, 1.54) is 12.1 Å². The van der Waals surface area contributed by atoms with Crippen LogP contribution in [0.5, 0.6) is 11.5 Å². The molecular formula is C38H43NO10. The van der Waals surface area contributed by atoms with Crippen molar-refractivity contribution in [3.63, 3.8) is 0 Å². The maximum absolute atomic E-state index is 14.1. The summed E-state index contributed by atoms with van der Waals surface area (Å²) in [6.07, 6.45) is 3.50. The van der Waals surface area contributed by atoms with Gasteiger partial charge in [0.25, 0.3) is 0 Å². The van der Waals surface area contributed by atoms with Gasteiger partial charge in [-0.2, -0.15) is 0 Å². The van der Waals surface area contributed by atoms with Crippen molar-refractivity contribution in [1.82, 2.24) is 0 Å². The molecule has 0 aromatic heterocycles. The molecule has 0 bridgehead atoms. The normalized spacial score (nSPS) is 13.0. The van der Waals surface area contributed by atoms with Crippen LogP contribution in [0.3, 0.4) is 0 Å². The van der Waals surface area contributed by atoms with Crippen molar-refractivity contribution in [3.05, 3.63) is 66.0 Å². The number of ether oxygens (including phenoxy) is 5. The number of aromatic hydroxyl groups is 1. The minimum absolute atomic E-state index is 0.113. The first-order chi connectivity index (χ1) is 23.8. The van der Waals surface area contributed by atoms with Gasteiger partial charge in [-0.15, -0.1) is 0 Å². The van der Waals surface area contributed by atoms with Gasteiger partial charge in [-0.25, -0.2) is 0 Å². The zero-order valence-electron chi connectivity index (χ0n) is 28.4. The van der Waals surface area contributed by atoms with E-state index in [-0.39, 0.29) is 16.6 Å². The van der Waals surface area contributed by atoms with Crippen LogP contribution in [-0.4, -0.2) is 82.8 Å². The zero-order valence-corrected chi connectivity index (χ0v) is 28.4. The Hall–Kier alpha value is -4.10. The van der Waals surface area contributed by atoms with Gasteiger partial charge in [-0.05, 0) is 76.6 Å². The van der Waals surface area contributed by atoms with Crippen LogP contribution in [0, 0.1) is 0 Å². The van der Waals surface area contributed by atoms with Gasteiger partial charge in [0.1, 0.15) is 11.5 Å². The lowest BCUT2D eigenvalue weighted by Gasteiger charge is -2.25. The van der Waals surface area contributed by atoms with E-state index in [0.29, 0.717) is 126 Å². The molecule has 0 amide bonds. The van der Waals surface area contributed by atoms with Gasteiger partial charge in [-0.1, -0.05) is 11.6 Å². The number of allylic oxidation sites excluding steroid dienone is 1. The standard InChI is InChI=1S/C38H43NO10/c1-20-14-24-23(6-5-8-48-12-10-45-2)37(44)33-27(43)17-22(19-41)29-28-21(18-40)16-26(42)32-34(28)31(30(24)35(29)33)25(15-20)38(47-4)36(32)39-7-9-49-13-11-46-3/h14,16-17,39-41,44H,5-13,15,18-19H2,1-4H3. The van der Waals surface area contributed by atoms with Gasteiger partial charge in [0.05, 0.1) is 69.8 Å². The Balaban J connectivity index is 1.76. The molecule has 11 heteroatoms. The number of hydrogen-bond donors (Lipinski definition) is 4. The van der Waals surface area contributed by atoms with E-state index in [9.17, 15) is 24.9 Å². The summed E-state index contributed by atoms with van der Waals surface area (Å²) in [5.41, 5.74) is 3.65. The SMILES string of the molecule is COCCOCCCc1c(O)c2c(=O)cc(CO)c3c4c(CO)cc(=O)c5c(NCCOCCOC)c(OC)c6c(c(c1C=C(C)C6)c23)c54. The molecule has 5 aromatic rings. The molecule has 4 N–H and O–H groups in total. The molecule has 5 aromatic carbocycles. The number of rotatable bonds is 17. The smallest absolute Gasteiger partial charge is 0.190 e. The Labute approximate surface area is 283 Å². The highest BCUT2D eigenvalue weighted by Gasteiger charge is 2.32. The molecule has 0 atom stereocenters. The number of phenolic OH excluding ortho intramolecular Hbond substituents is 1. The number of benzene rings is 5. The van der Waals surface area contributed by atoms with Crippen molar-refractivity contribution < 1.29 is 39.0 Å². The molecule has 11 nitrogen and oxygen atoms in total. The number of methoxy groups -OCH3 is 3. The maximum atomic E-state index is 14.1. The second kappa shape index (κ2) is 14.8. The molecule has 49 heavy (non-hydrogen) atoms. The molecule has 0 fully saturated rings. The Morgan fingerprint density at radius 2 is 1.35 bits per heavy atom. The Bertz CT molecular complexity index is 2160. The van der Waals surface area contributed by atoms with Crippen LogP contribution < -0.4 is 20.9 Å². The first kappa shape index (κ1) is 34.8. The van der Waals surface area contributed by atoms with Crippen LogP contribution in [0.25, 0.3) is 49.2 Å². The average molecular weight is 674 g/mol. The molecule has 0 spiro atoms. The van der Waals surface area contributed by atoms with E-state index in [4.69, 9.17) is 23.7 Å². The zero-order chi connectivity index (χ0) is 34.8. The summed E-state index contributed by atoms with van der Waals surface area (Å²) in [6, 6.07) is 2.76. The Morgan fingerprint density at radius 3 is 1.96 bits per heavy atom. The van der Waals surface area contributed by atoms with Gasteiger partial charge in [-0.3, -0.25) is 9.59 Å². The number of aliphatic hydroxyl groups is 2. The second-order valence-corrected chi connectivity index (χ2v) is 12.4. The van der Waals surface area contributed by atoms with Crippen LogP contribution in [0.4, 0.5) is 5.69 Å². The van der Waals surface area contributed by atoms with Crippen LogP contribution in [0.2, 0.25) is 0 Å². The second-order valence-electron chi connectivity index (χ2n) is 12.4. The predicted octanol–water partition coefficient (Wildman–Crippen LogP) is 4.22. The largest absolute Gasteiger partial charge is 0.507 e.